The normalized spacial score (nSPS) is 17.2. The minimum absolute atomic E-state index is 0.0324. The summed E-state index contributed by atoms with van der Waals surface area (Å²) >= 11 is 6.25. The zero-order chi connectivity index (χ0) is 19.3. The van der Waals surface area contributed by atoms with Crippen LogP contribution in [0.4, 0.5) is 0 Å². The van der Waals surface area contributed by atoms with E-state index in [0.29, 0.717) is 0 Å². The summed E-state index contributed by atoms with van der Waals surface area (Å²) in [6, 6.07) is 0.239. The molecule has 8 nitrogen and oxygen atoms in total. The van der Waals surface area contributed by atoms with Crippen molar-refractivity contribution < 1.29 is 4.79 Å². The Morgan fingerprint density at radius 3 is 2.63 bits per heavy atom. The van der Waals surface area contributed by atoms with Crippen molar-refractivity contribution in [1.29, 1.82) is 0 Å². The highest BCUT2D eigenvalue weighted by Gasteiger charge is 2.35. The molecule has 0 aliphatic heterocycles. The molecule has 0 atom stereocenters. The maximum absolute atomic E-state index is 13.1. The van der Waals surface area contributed by atoms with Gasteiger partial charge in [0.25, 0.3) is 5.56 Å². The molecule has 4 rings (SSSR count). The quantitative estimate of drug-likeness (QED) is 0.740. The number of aryl methyl sites for hydroxylation is 1. The minimum Gasteiger partial charge on any atom is -0.312 e. The fraction of sp³-hybridized carbons (Fsp3) is 0.556. The summed E-state index contributed by atoms with van der Waals surface area (Å²) in [5, 5.41) is 0.0324. The standard InChI is InChI=1S/C18H22ClN5O3/c1-21-15-14(16(26)22(2)18(21)27)23(17(19)20-15)10-13(25)24(12-8-9-12)11-6-4-3-5-7-11/h6,12H,3-5,7-10H2,1-2H3. The van der Waals surface area contributed by atoms with Gasteiger partial charge in [0.05, 0.1) is 0 Å². The first-order chi connectivity index (χ1) is 12.9. The molecule has 2 aromatic rings. The van der Waals surface area contributed by atoms with Gasteiger partial charge in [0.15, 0.2) is 11.2 Å². The van der Waals surface area contributed by atoms with E-state index in [1.165, 1.54) is 23.2 Å². The smallest absolute Gasteiger partial charge is 0.312 e. The summed E-state index contributed by atoms with van der Waals surface area (Å²) in [4.78, 5) is 43.9. The number of aromatic nitrogens is 4. The van der Waals surface area contributed by atoms with Crippen LogP contribution in [0.5, 0.6) is 0 Å². The molecular weight excluding hydrogens is 370 g/mol. The lowest BCUT2D eigenvalue weighted by molar-refractivity contribution is -0.130. The fourth-order valence-corrected chi connectivity index (χ4v) is 3.97. The Balaban J connectivity index is 1.76. The van der Waals surface area contributed by atoms with Gasteiger partial charge in [-0.2, -0.15) is 4.98 Å². The van der Waals surface area contributed by atoms with E-state index in [1.54, 1.807) is 0 Å². The zero-order valence-electron chi connectivity index (χ0n) is 15.4. The molecule has 2 aliphatic carbocycles. The van der Waals surface area contributed by atoms with Crippen molar-refractivity contribution in [3.8, 4) is 0 Å². The summed E-state index contributed by atoms with van der Waals surface area (Å²) in [6.07, 6.45) is 8.27. The average Bonchev–Trinajstić information content (AvgIpc) is 3.43. The molecular formula is C18H22ClN5O3. The molecule has 2 aliphatic rings. The van der Waals surface area contributed by atoms with E-state index in [2.05, 4.69) is 11.1 Å². The van der Waals surface area contributed by atoms with Crippen LogP contribution >= 0.6 is 11.6 Å². The molecule has 1 amide bonds. The van der Waals surface area contributed by atoms with Crippen LogP contribution < -0.4 is 11.2 Å². The van der Waals surface area contributed by atoms with Crippen molar-refractivity contribution in [1.82, 2.24) is 23.6 Å². The summed E-state index contributed by atoms with van der Waals surface area (Å²) in [7, 11) is 2.93. The first-order valence-corrected chi connectivity index (χ1v) is 9.60. The predicted octanol–water partition coefficient (Wildman–Crippen LogP) is 1.54. The molecule has 144 valence electrons. The van der Waals surface area contributed by atoms with Gasteiger partial charge in [-0.05, 0) is 50.1 Å². The molecule has 0 radical (unpaired) electrons. The molecule has 0 unspecified atom stereocenters. The van der Waals surface area contributed by atoms with Crippen LogP contribution in [0.15, 0.2) is 21.4 Å². The van der Waals surface area contributed by atoms with Crippen molar-refractivity contribution in [2.24, 2.45) is 14.1 Å². The summed E-state index contributed by atoms with van der Waals surface area (Å²) in [5.41, 5.74) is 0.457. The molecule has 27 heavy (non-hydrogen) atoms. The Labute approximate surface area is 160 Å². The van der Waals surface area contributed by atoms with Crippen molar-refractivity contribution in [3.05, 3.63) is 37.9 Å². The molecule has 0 spiro atoms. The molecule has 0 aromatic carbocycles. The first-order valence-electron chi connectivity index (χ1n) is 9.23. The van der Waals surface area contributed by atoms with Gasteiger partial charge in [-0.15, -0.1) is 0 Å². The van der Waals surface area contributed by atoms with E-state index >= 15 is 0 Å². The number of carbonyl (C=O) groups excluding carboxylic acids is 1. The third-order valence-corrected chi connectivity index (χ3v) is 5.64. The van der Waals surface area contributed by atoms with Gasteiger partial charge in [-0.3, -0.25) is 23.3 Å². The van der Waals surface area contributed by atoms with Gasteiger partial charge in [0.2, 0.25) is 11.2 Å². The number of carbonyl (C=O) groups is 1. The van der Waals surface area contributed by atoms with Gasteiger partial charge < -0.3 is 4.90 Å². The molecule has 9 heteroatoms. The Bertz CT molecular complexity index is 1070. The van der Waals surface area contributed by atoms with E-state index in [0.717, 1.165) is 48.8 Å². The molecule has 2 heterocycles. The van der Waals surface area contributed by atoms with Crippen LogP contribution in [0, 0.1) is 0 Å². The molecule has 0 N–H and O–H groups in total. The van der Waals surface area contributed by atoms with Crippen LogP contribution in [-0.2, 0) is 25.4 Å². The number of allylic oxidation sites excluding steroid dienone is 2. The SMILES string of the molecule is Cn1c(=O)c2c(nc(Cl)n2CC(=O)N(C2=CCCCC2)C2CC2)n(C)c1=O. The number of rotatable bonds is 4. The van der Waals surface area contributed by atoms with E-state index in [9.17, 15) is 14.4 Å². The predicted molar refractivity (Wildman–Crippen MR) is 102 cm³/mol. The van der Waals surface area contributed by atoms with Crippen molar-refractivity contribution in [2.45, 2.75) is 51.1 Å². The van der Waals surface area contributed by atoms with Crippen molar-refractivity contribution in [3.63, 3.8) is 0 Å². The Morgan fingerprint density at radius 2 is 2.00 bits per heavy atom. The van der Waals surface area contributed by atoms with Gasteiger partial charge in [-0.25, -0.2) is 4.79 Å². The number of fused-ring (bicyclic) bond motifs is 1. The summed E-state index contributed by atoms with van der Waals surface area (Å²) in [5.74, 6) is -0.0947. The van der Waals surface area contributed by atoms with Crippen LogP contribution in [0.1, 0.15) is 38.5 Å². The number of imidazole rings is 1. The van der Waals surface area contributed by atoms with E-state index in [-0.39, 0.29) is 34.9 Å². The fourth-order valence-electron chi connectivity index (χ4n) is 3.75. The lowest BCUT2D eigenvalue weighted by atomic mass is 10.0. The third kappa shape index (κ3) is 3.01. The second-order valence-corrected chi connectivity index (χ2v) is 7.62. The Kier molecular flexibility index (Phi) is 4.46. The van der Waals surface area contributed by atoms with Gasteiger partial charge in [-0.1, -0.05) is 6.08 Å². The molecule has 0 bridgehead atoms. The van der Waals surface area contributed by atoms with E-state index in [1.807, 2.05) is 4.90 Å². The lowest BCUT2D eigenvalue weighted by Crippen LogP contribution is -2.39. The summed E-state index contributed by atoms with van der Waals surface area (Å²) in [6.45, 7) is -0.0728. The number of nitrogens with zero attached hydrogens (tertiary/aromatic N) is 5. The first kappa shape index (κ1) is 18.0. The second-order valence-electron chi connectivity index (χ2n) is 7.28. The maximum atomic E-state index is 13.1. The molecule has 0 saturated heterocycles. The second kappa shape index (κ2) is 6.67. The van der Waals surface area contributed by atoms with Crippen LogP contribution in [0.2, 0.25) is 5.28 Å². The topological polar surface area (TPSA) is 82.1 Å². The highest BCUT2D eigenvalue weighted by Crippen LogP contribution is 2.34. The minimum atomic E-state index is -0.504. The monoisotopic (exact) mass is 391 g/mol. The van der Waals surface area contributed by atoms with Crippen LogP contribution in [-0.4, -0.2) is 35.5 Å². The van der Waals surface area contributed by atoms with Crippen molar-refractivity contribution in [2.75, 3.05) is 0 Å². The number of hydrogen-bond donors (Lipinski definition) is 0. The third-order valence-electron chi connectivity index (χ3n) is 5.35. The highest BCUT2D eigenvalue weighted by atomic mass is 35.5. The van der Waals surface area contributed by atoms with Crippen LogP contribution in [0.3, 0.4) is 0 Å². The number of hydrogen-bond acceptors (Lipinski definition) is 4. The van der Waals surface area contributed by atoms with Crippen molar-refractivity contribution >= 4 is 28.7 Å². The number of halogens is 1. The van der Waals surface area contributed by atoms with Gasteiger partial charge in [0, 0.05) is 25.8 Å². The number of amides is 1. The maximum Gasteiger partial charge on any atom is 0.332 e. The molecule has 1 fully saturated rings. The largest absolute Gasteiger partial charge is 0.332 e. The Hall–Kier alpha value is -2.35. The lowest BCUT2D eigenvalue weighted by Gasteiger charge is -2.28. The molecule has 1 saturated carbocycles. The molecule has 2 aromatic heterocycles. The highest BCUT2D eigenvalue weighted by molar-refractivity contribution is 6.29. The van der Waals surface area contributed by atoms with Gasteiger partial charge in [0.1, 0.15) is 6.54 Å². The average molecular weight is 392 g/mol. The van der Waals surface area contributed by atoms with E-state index in [4.69, 9.17) is 11.6 Å². The van der Waals surface area contributed by atoms with Crippen LogP contribution in [0.25, 0.3) is 11.2 Å². The zero-order valence-corrected chi connectivity index (χ0v) is 16.2. The van der Waals surface area contributed by atoms with Gasteiger partial charge >= 0.3 is 5.69 Å². The Morgan fingerprint density at radius 1 is 1.26 bits per heavy atom. The summed E-state index contributed by atoms with van der Waals surface area (Å²) < 4.78 is 3.69. The van der Waals surface area contributed by atoms with E-state index < -0.39 is 11.2 Å².